The highest BCUT2D eigenvalue weighted by molar-refractivity contribution is 7.85. The molecule has 0 heterocycles. The second-order valence-corrected chi connectivity index (χ2v) is 22.4. The molecule has 0 aliphatic heterocycles. The Bertz CT molecular complexity index is 2100. The minimum Gasteiger partial charge on any atom is -0.744 e. The summed E-state index contributed by atoms with van der Waals surface area (Å²) in [5.74, 6) is -11.3. The Morgan fingerprint density at radius 2 is 0.929 bits per heavy atom. The maximum Gasteiger partial charge on any atom is 0.344 e. The molecule has 0 saturated heterocycles. The molecule has 0 amide bonds. The number of carbonyl (C=O) groups excluding carboxylic acids is 1. The van der Waals surface area contributed by atoms with Gasteiger partial charge in [0.15, 0.2) is 11.6 Å². The lowest BCUT2D eigenvalue weighted by molar-refractivity contribution is -0.139. The third-order valence-corrected chi connectivity index (χ3v) is 17.7. The predicted octanol–water partition coefficient (Wildman–Crippen LogP) is 7.11. The summed E-state index contributed by atoms with van der Waals surface area (Å²) < 4.78 is 102. The van der Waals surface area contributed by atoms with Gasteiger partial charge in [0, 0.05) is 0 Å². The van der Waals surface area contributed by atoms with Crippen molar-refractivity contribution in [2.24, 2.45) is 35.5 Å². The smallest absolute Gasteiger partial charge is 0.344 e. The number of halogens is 4. The first kappa shape index (κ1) is 36.5. The molecule has 0 radical (unpaired) electrons. The Hall–Kier alpha value is -2.58. The molecule has 0 aromatic heterocycles. The van der Waals surface area contributed by atoms with Crippen molar-refractivity contribution in [3.8, 4) is 5.75 Å². The first-order valence-corrected chi connectivity index (χ1v) is 22.0. The zero-order valence-corrected chi connectivity index (χ0v) is 32.0. The van der Waals surface area contributed by atoms with Gasteiger partial charge in [-0.05, 0) is 184 Å². The van der Waals surface area contributed by atoms with E-state index in [2.05, 4.69) is 0 Å². The predicted molar refractivity (Wildman–Crippen MR) is 190 cm³/mol. The van der Waals surface area contributed by atoms with Gasteiger partial charge >= 0.3 is 5.97 Å². The number of carbonyl (C=O) groups is 1. The molecule has 6 atom stereocenters. The van der Waals surface area contributed by atoms with E-state index in [-0.39, 0.29) is 29.2 Å². The fourth-order valence-corrected chi connectivity index (χ4v) is 17.3. The molecule has 12 fully saturated rings. The second-order valence-electron chi connectivity index (χ2n) is 21.1. The SMILES string of the molecule is O=C(Oc1c(F)c(F)c(S(=O)(=O)[O-])c(F)c1F)c1c(C23CC4CC(CC(O)(C4)C2)C3)cc(C23CC4CC(CC(O)(C4)C2)C3)cc1C12CC3CC(CC(O)(C3)C1)C2. The van der Waals surface area contributed by atoms with Crippen molar-refractivity contribution >= 4 is 16.1 Å². The van der Waals surface area contributed by atoms with Crippen LogP contribution in [-0.4, -0.2) is 51.1 Å². The van der Waals surface area contributed by atoms with Crippen LogP contribution in [0.15, 0.2) is 17.0 Å². The maximum absolute atomic E-state index is 15.6. The Morgan fingerprint density at radius 1 is 0.589 bits per heavy atom. The van der Waals surface area contributed by atoms with E-state index < -0.39 is 83.0 Å². The summed E-state index contributed by atoms with van der Waals surface area (Å²) >= 11 is 0. The number of esters is 1. The molecule has 2 aromatic rings. The van der Waals surface area contributed by atoms with Crippen LogP contribution in [0.3, 0.4) is 0 Å². The van der Waals surface area contributed by atoms with Crippen molar-refractivity contribution in [1.29, 1.82) is 0 Å². The van der Waals surface area contributed by atoms with Crippen molar-refractivity contribution < 1.29 is 55.4 Å². The Labute approximate surface area is 323 Å². The van der Waals surface area contributed by atoms with Crippen LogP contribution in [-0.2, 0) is 26.4 Å². The molecular formula is C43H47F4O8S-. The highest BCUT2D eigenvalue weighted by atomic mass is 32.2. The van der Waals surface area contributed by atoms with E-state index in [0.29, 0.717) is 93.6 Å². The van der Waals surface area contributed by atoms with Crippen molar-refractivity contribution in [2.75, 3.05) is 0 Å². The number of rotatable bonds is 6. The summed E-state index contributed by atoms with van der Waals surface area (Å²) in [4.78, 5) is 12.7. The largest absolute Gasteiger partial charge is 0.744 e. The molecule has 2 aromatic carbocycles. The molecule has 3 N–H and O–H groups in total. The average Bonchev–Trinajstić information content (AvgIpc) is 3.05. The zero-order chi connectivity index (χ0) is 39.2. The van der Waals surface area contributed by atoms with Crippen LogP contribution in [0.4, 0.5) is 17.6 Å². The van der Waals surface area contributed by atoms with Crippen LogP contribution in [0.25, 0.3) is 0 Å². The average molecular weight is 800 g/mol. The van der Waals surface area contributed by atoms with Crippen LogP contribution in [0, 0.1) is 58.8 Å². The molecule has 0 spiro atoms. The third kappa shape index (κ3) is 5.14. The Kier molecular flexibility index (Phi) is 7.28. The van der Waals surface area contributed by atoms with Crippen molar-refractivity contribution in [3.05, 3.63) is 57.7 Å². The summed E-state index contributed by atoms with van der Waals surface area (Å²) in [5, 5.41) is 36.0. The molecular weight excluding hydrogens is 753 g/mol. The molecule has 13 heteroatoms. The summed E-state index contributed by atoms with van der Waals surface area (Å²) in [5.41, 5.74) is -2.54. The van der Waals surface area contributed by atoms with Gasteiger partial charge in [0.25, 0.3) is 0 Å². The van der Waals surface area contributed by atoms with Gasteiger partial charge in [0.2, 0.25) is 17.4 Å². The van der Waals surface area contributed by atoms with E-state index >= 15 is 22.4 Å². The fraction of sp³-hybridized carbons (Fsp3) is 0.698. The van der Waals surface area contributed by atoms with E-state index in [1.165, 1.54) is 0 Å². The number of ether oxygens (including phenoxy) is 1. The van der Waals surface area contributed by atoms with Gasteiger partial charge in [-0.25, -0.2) is 22.0 Å². The quantitative estimate of drug-likeness (QED) is 0.0923. The Morgan fingerprint density at radius 3 is 1.27 bits per heavy atom. The van der Waals surface area contributed by atoms with Gasteiger partial charge in [-0.1, -0.05) is 12.1 Å². The number of hydrogen-bond acceptors (Lipinski definition) is 8. The highest BCUT2D eigenvalue weighted by Gasteiger charge is 2.63. The second kappa shape index (κ2) is 11.2. The van der Waals surface area contributed by atoms with Crippen LogP contribution in [0.5, 0.6) is 5.75 Å². The van der Waals surface area contributed by atoms with Gasteiger partial charge in [0.1, 0.15) is 15.0 Å². The van der Waals surface area contributed by atoms with E-state index in [0.717, 1.165) is 50.5 Å². The molecule has 12 aliphatic carbocycles. The van der Waals surface area contributed by atoms with Crippen molar-refractivity contribution in [2.45, 2.75) is 154 Å². The molecule has 14 rings (SSSR count). The van der Waals surface area contributed by atoms with Crippen molar-refractivity contribution in [1.82, 2.24) is 0 Å². The molecule has 12 aliphatic rings. The van der Waals surface area contributed by atoms with Gasteiger partial charge < -0.3 is 24.6 Å². The maximum atomic E-state index is 15.6. The highest BCUT2D eigenvalue weighted by Crippen LogP contribution is 2.68. The first-order chi connectivity index (χ1) is 26.2. The fourth-order valence-electron chi connectivity index (χ4n) is 16.7. The van der Waals surface area contributed by atoms with Gasteiger partial charge in [0.05, 0.1) is 22.4 Å². The van der Waals surface area contributed by atoms with Gasteiger partial charge in [-0.2, -0.15) is 8.78 Å². The number of benzene rings is 2. The van der Waals surface area contributed by atoms with Gasteiger partial charge in [-0.3, -0.25) is 0 Å². The van der Waals surface area contributed by atoms with Crippen LogP contribution < -0.4 is 4.74 Å². The standard InChI is InChI=1S/C43H48F4O8S/c44-31-33(46)36(56(52,53)54)34(47)32(45)35(31)55-37(48)30-28(39-8-23-2-24(9-39)15-42(50,14-23)19-39)4-27(38-6-21-1-22(7-38)13-41(49,12-21)18-38)5-29(30)40-10-25-3-26(11-40)17-43(51,16-25)20-40/h4-5,21-26,49-51H,1-3,6-20H2,(H,52,53,54)/p-1. The van der Waals surface area contributed by atoms with Gasteiger partial charge in [-0.15, -0.1) is 0 Å². The molecule has 12 saturated carbocycles. The summed E-state index contributed by atoms with van der Waals surface area (Å²) in [7, 11) is -6.00. The molecule has 302 valence electrons. The zero-order valence-electron chi connectivity index (χ0n) is 31.1. The summed E-state index contributed by atoms with van der Waals surface area (Å²) in [6.07, 6.45) is 12.5. The first-order valence-electron chi connectivity index (χ1n) is 20.6. The monoisotopic (exact) mass is 799 g/mol. The topological polar surface area (TPSA) is 144 Å². The Balaban J connectivity index is 1.16. The summed E-state index contributed by atoms with van der Waals surface area (Å²) in [6.45, 7) is 0. The van der Waals surface area contributed by atoms with Crippen LogP contribution in [0.2, 0.25) is 0 Å². The molecule has 8 nitrogen and oxygen atoms in total. The van der Waals surface area contributed by atoms with E-state index in [1.807, 2.05) is 12.1 Å². The molecule has 56 heavy (non-hydrogen) atoms. The molecule has 12 bridgehead atoms. The minimum absolute atomic E-state index is 0.0217. The number of hydrogen-bond donors (Lipinski definition) is 3. The lowest BCUT2D eigenvalue weighted by atomic mass is 9.43. The van der Waals surface area contributed by atoms with Crippen LogP contribution >= 0.6 is 0 Å². The van der Waals surface area contributed by atoms with Crippen molar-refractivity contribution in [3.63, 3.8) is 0 Å². The summed E-state index contributed by atoms with van der Waals surface area (Å²) in [6, 6.07) is 4.06. The minimum atomic E-state index is -6.00. The third-order valence-electron chi connectivity index (χ3n) is 16.8. The van der Waals surface area contributed by atoms with E-state index in [9.17, 15) is 28.3 Å². The molecule has 6 unspecified atom stereocenters. The lowest BCUT2D eigenvalue weighted by Crippen LogP contribution is -2.59. The van der Waals surface area contributed by atoms with E-state index in [4.69, 9.17) is 4.74 Å². The van der Waals surface area contributed by atoms with E-state index in [1.54, 1.807) is 0 Å². The lowest BCUT2D eigenvalue weighted by Gasteiger charge is -2.63. The normalized spacial score (nSPS) is 45.2. The number of aliphatic hydroxyl groups is 3. The van der Waals surface area contributed by atoms with Crippen LogP contribution in [0.1, 0.15) is 143 Å².